The van der Waals surface area contributed by atoms with Crippen LogP contribution in [-0.2, 0) is 0 Å². The first-order chi connectivity index (χ1) is 25.6. The molecule has 0 bridgehead atoms. The first-order valence-corrected chi connectivity index (χ1v) is 18.2. The van der Waals surface area contributed by atoms with E-state index in [1.807, 2.05) is 0 Å². The molecule has 0 atom stereocenters. The van der Waals surface area contributed by atoms with E-state index in [2.05, 4.69) is 205 Å². The Labute approximate surface area is 306 Å². The molecule has 2 heteroatoms. The van der Waals surface area contributed by atoms with Gasteiger partial charge in [-0.3, -0.25) is 0 Å². The van der Waals surface area contributed by atoms with E-state index < -0.39 is 0 Å². The molecule has 0 aliphatic heterocycles. The lowest BCUT2D eigenvalue weighted by atomic mass is 9.95. The molecule has 0 amide bonds. The van der Waals surface area contributed by atoms with Crippen molar-refractivity contribution in [2.45, 2.75) is 26.7 Å². The van der Waals surface area contributed by atoms with Crippen molar-refractivity contribution >= 4 is 44.4 Å². The van der Waals surface area contributed by atoms with Crippen LogP contribution in [-0.4, -0.2) is 4.57 Å². The monoisotopic (exact) mass is 668 g/mol. The lowest BCUT2D eigenvalue weighted by molar-refractivity contribution is 1.05. The predicted molar refractivity (Wildman–Crippen MR) is 222 cm³/mol. The van der Waals surface area contributed by atoms with Crippen LogP contribution in [0, 0.1) is 13.8 Å². The van der Waals surface area contributed by atoms with Gasteiger partial charge in [-0.1, -0.05) is 121 Å². The average molecular weight is 669 g/mol. The molecule has 0 saturated heterocycles. The van der Waals surface area contributed by atoms with Crippen LogP contribution in [0.1, 0.15) is 29.5 Å². The van der Waals surface area contributed by atoms with E-state index in [4.69, 9.17) is 0 Å². The highest BCUT2D eigenvalue weighted by Crippen LogP contribution is 2.40. The quantitative estimate of drug-likeness (QED) is 0.164. The van der Waals surface area contributed by atoms with Crippen molar-refractivity contribution < 1.29 is 0 Å². The SMILES string of the molecule is Cc1cc(N(c2ccc(C3=CC=CCC3)cc2)c2ccc(-c3ccccc3)cc2)ccc1-c1ccc(-n2c3ccccc3c3ccccc32)cc1C. The van der Waals surface area contributed by atoms with Crippen LogP contribution in [0.4, 0.5) is 17.1 Å². The van der Waals surface area contributed by atoms with Crippen molar-refractivity contribution in [3.05, 3.63) is 199 Å². The van der Waals surface area contributed by atoms with Crippen LogP contribution >= 0.6 is 0 Å². The summed E-state index contributed by atoms with van der Waals surface area (Å²) in [4.78, 5) is 2.38. The van der Waals surface area contributed by atoms with E-state index >= 15 is 0 Å². The van der Waals surface area contributed by atoms with Crippen LogP contribution in [0.3, 0.4) is 0 Å². The largest absolute Gasteiger partial charge is 0.310 e. The number of rotatable bonds is 7. The Morgan fingerprint density at radius 2 is 1.02 bits per heavy atom. The van der Waals surface area contributed by atoms with Gasteiger partial charge in [-0.2, -0.15) is 0 Å². The Morgan fingerprint density at radius 3 is 1.62 bits per heavy atom. The van der Waals surface area contributed by atoms with Crippen molar-refractivity contribution in [3.63, 3.8) is 0 Å². The molecule has 8 aromatic rings. The summed E-state index contributed by atoms with van der Waals surface area (Å²) >= 11 is 0. The van der Waals surface area contributed by atoms with E-state index in [0.717, 1.165) is 29.9 Å². The number of hydrogen-bond donors (Lipinski definition) is 0. The van der Waals surface area contributed by atoms with Gasteiger partial charge in [0, 0.05) is 33.5 Å². The third-order valence-electron chi connectivity index (χ3n) is 10.5. The van der Waals surface area contributed by atoms with Crippen molar-refractivity contribution in [2.24, 2.45) is 0 Å². The lowest BCUT2D eigenvalue weighted by Crippen LogP contribution is -2.10. The molecular weight excluding hydrogens is 629 g/mol. The molecule has 0 N–H and O–H groups in total. The second-order valence-electron chi connectivity index (χ2n) is 13.8. The highest BCUT2D eigenvalue weighted by atomic mass is 15.1. The van der Waals surface area contributed by atoms with Gasteiger partial charge in [0.15, 0.2) is 0 Å². The molecule has 7 aromatic carbocycles. The molecule has 1 aliphatic carbocycles. The fourth-order valence-corrected chi connectivity index (χ4v) is 7.93. The molecule has 0 radical (unpaired) electrons. The zero-order valence-electron chi connectivity index (χ0n) is 29.6. The normalized spacial score (nSPS) is 12.7. The van der Waals surface area contributed by atoms with Crippen LogP contribution in [0.2, 0.25) is 0 Å². The van der Waals surface area contributed by atoms with E-state index in [1.165, 1.54) is 72.0 Å². The zero-order valence-corrected chi connectivity index (χ0v) is 29.6. The third kappa shape index (κ3) is 5.73. The van der Waals surface area contributed by atoms with Crippen LogP contribution in [0.5, 0.6) is 0 Å². The third-order valence-corrected chi connectivity index (χ3v) is 10.5. The maximum absolute atomic E-state index is 2.39. The molecule has 0 spiro atoms. The van der Waals surface area contributed by atoms with Crippen molar-refractivity contribution in [3.8, 4) is 27.9 Å². The molecule has 0 saturated carbocycles. The maximum atomic E-state index is 2.39. The number of aryl methyl sites for hydroxylation is 2. The topological polar surface area (TPSA) is 8.17 Å². The molecule has 9 rings (SSSR count). The summed E-state index contributed by atoms with van der Waals surface area (Å²) in [5, 5.41) is 2.56. The van der Waals surface area contributed by atoms with Gasteiger partial charge in [-0.25, -0.2) is 0 Å². The Kier molecular flexibility index (Phi) is 8.14. The predicted octanol–water partition coefficient (Wildman–Crippen LogP) is 13.9. The summed E-state index contributed by atoms with van der Waals surface area (Å²) in [5.41, 5.74) is 17.2. The number of aromatic nitrogens is 1. The number of nitrogens with zero attached hydrogens (tertiary/aromatic N) is 2. The second kappa shape index (κ2) is 13.4. The number of anilines is 3. The Morgan fingerprint density at radius 1 is 0.481 bits per heavy atom. The molecule has 2 nitrogen and oxygen atoms in total. The molecule has 0 unspecified atom stereocenters. The lowest BCUT2D eigenvalue weighted by Gasteiger charge is -2.27. The Hall–Kier alpha value is -6.38. The Balaban J connectivity index is 1.09. The number of benzene rings is 7. The molecule has 1 aromatic heterocycles. The van der Waals surface area contributed by atoms with Gasteiger partial charge in [0.05, 0.1) is 11.0 Å². The smallest absolute Gasteiger partial charge is 0.0541 e. The average Bonchev–Trinajstić information content (AvgIpc) is 3.54. The van der Waals surface area contributed by atoms with E-state index in [9.17, 15) is 0 Å². The molecule has 1 heterocycles. The first-order valence-electron chi connectivity index (χ1n) is 18.2. The van der Waals surface area contributed by atoms with Gasteiger partial charge in [-0.05, 0) is 132 Å². The number of hydrogen-bond acceptors (Lipinski definition) is 1. The summed E-state index contributed by atoms with van der Waals surface area (Å²) in [6.07, 6.45) is 8.85. The number of allylic oxidation sites excluding steroid dienone is 4. The highest BCUT2D eigenvalue weighted by molar-refractivity contribution is 6.09. The van der Waals surface area contributed by atoms with Gasteiger partial charge < -0.3 is 9.47 Å². The van der Waals surface area contributed by atoms with E-state index in [1.54, 1.807) is 0 Å². The minimum absolute atomic E-state index is 1.08. The summed E-state index contributed by atoms with van der Waals surface area (Å²) in [6, 6.07) is 59.8. The number of fused-ring (bicyclic) bond motifs is 3. The minimum Gasteiger partial charge on any atom is -0.310 e. The fourth-order valence-electron chi connectivity index (χ4n) is 7.93. The van der Waals surface area contributed by atoms with Gasteiger partial charge in [0.1, 0.15) is 0 Å². The molecular formula is C50H40N2. The Bertz CT molecular complexity index is 2570. The molecule has 0 fully saturated rings. The zero-order chi connectivity index (χ0) is 35.0. The standard InChI is InChI=1S/C50H40N2/c1-35-33-43(29-31-45(35)46-32-30-44(34-36(46)2)52-49-19-11-9-17-47(49)48-18-10-12-20-50(48)52)51(41-25-21-39(22-26-41)37-13-5-3-6-14-37)42-27-23-40(24-28-42)38-15-7-4-8-16-38/h3-7,9-15,17-34H,8,16H2,1-2H3. The van der Waals surface area contributed by atoms with E-state index in [-0.39, 0.29) is 0 Å². The summed E-state index contributed by atoms with van der Waals surface area (Å²) < 4.78 is 2.39. The van der Waals surface area contributed by atoms with Crippen molar-refractivity contribution in [1.82, 2.24) is 4.57 Å². The van der Waals surface area contributed by atoms with Crippen LogP contribution in [0.15, 0.2) is 182 Å². The van der Waals surface area contributed by atoms with Crippen LogP contribution in [0.25, 0.3) is 55.3 Å². The first kappa shape index (κ1) is 31.6. The molecule has 52 heavy (non-hydrogen) atoms. The minimum atomic E-state index is 1.08. The molecule has 250 valence electrons. The van der Waals surface area contributed by atoms with Gasteiger partial charge >= 0.3 is 0 Å². The van der Waals surface area contributed by atoms with Crippen molar-refractivity contribution in [1.29, 1.82) is 0 Å². The van der Waals surface area contributed by atoms with Crippen molar-refractivity contribution in [2.75, 3.05) is 4.90 Å². The highest BCUT2D eigenvalue weighted by Gasteiger charge is 2.17. The maximum Gasteiger partial charge on any atom is 0.0541 e. The fraction of sp³-hybridized carbons (Fsp3) is 0.0800. The van der Waals surface area contributed by atoms with E-state index in [0.29, 0.717) is 0 Å². The van der Waals surface area contributed by atoms with Gasteiger partial charge in [0.2, 0.25) is 0 Å². The van der Waals surface area contributed by atoms with Gasteiger partial charge in [0.25, 0.3) is 0 Å². The van der Waals surface area contributed by atoms with Gasteiger partial charge in [-0.15, -0.1) is 0 Å². The summed E-state index contributed by atoms with van der Waals surface area (Å²) in [6.45, 7) is 4.47. The summed E-state index contributed by atoms with van der Waals surface area (Å²) in [5.74, 6) is 0. The van der Waals surface area contributed by atoms with Crippen LogP contribution < -0.4 is 4.90 Å². The number of para-hydroxylation sites is 2. The molecule has 1 aliphatic rings. The second-order valence-corrected chi connectivity index (χ2v) is 13.8. The summed E-state index contributed by atoms with van der Waals surface area (Å²) in [7, 11) is 0.